The summed E-state index contributed by atoms with van der Waals surface area (Å²) in [6, 6.07) is 14.8. The highest BCUT2D eigenvalue weighted by atomic mass is 32.2. The standard InChI is InChI=1S/C20H15F3N2O4S/c21-20(22,23)13-6-5-7-14(12-13)30(28,29)25-16-9-2-1-8-15(16)19(27)24-17-10-3-4-11-18(17)26/h1-12,25-26H,(H,24,27). The van der Waals surface area contributed by atoms with Gasteiger partial charge in [0.15, 0.2) is 0 Å². The van der Waals surface area contributed by atoms with E-state index in [-0.39, 0.29) is 22.7 Å². The molecule has 3 N–H and O–H groups in total. The molecule has 0 bridgehead atoms. The van der Waals surface area contributed by atoms with Gasteiger partial charge in [0, 0.05) is 0 Å². The fourth-order valence-corrected chi connectivity index (χ4v) is 3.71. The van der Waals surface area contributed by atoms with Crippen LogP contribution in [0.15, 0.2) is 77.7 Å². The molecule has 30 heavy (non-hydrogen) atoms. The highest BCUT2D eigenvalue weighted by Crippen LogP contribution is 2.31. The second-order valence-corrected chi connectivity index (χ2v) is 7.83. The van der Waals surface area contributed by atoms with Crippen molar-refractivity contribution in [3.63, 3.8) is 0 Å². The minimum absolute atomic E-state index is 0.0868. The van der Waals surface area contributed by atoms with Gasteiger partial charge in [0.25, 0.3) is 15.9 Å². The van der Waals surface area contributed by atoms with Crippen LogP contribution in [0, 0.1) is 0 Å². The summed E-state index contributed by atoms with van der Waals surface area (Å²) in [5.41, 5.74) is -1.23. The van der Waals surface area contributed by atoms with E-state index in [0.29, 0.717) is 6.07 Å². The number of phenols is 1. The van der Waals surface area contributed by atoms with Crippen molar-refractivity contribution in [3.05, 3.63) is 83.9 Å². The number of anilines is 2. The summed E-state index contributed by atoms with van der Waals surface area (Å²) in [5, 5.41) is 12.2. The Bertz CT molecular complexity index is 1190. The summed E-state index contributed by atoms with van der Waals surface area (Å²) in [6.07, 6.45) is -4.71. The van der Waals surface area contributed by atoms with Gasteiger partial charge in [-0.15, -0.1) is 0 Å². The van der Waals surface area contributed by atoms with Crippen LogP contribution in [-0.2, 0) is 16.2 Å². The Morgan fingerprint density at radius 2 is 1.50 bits per heavy atom. The molecule has 1 amide bonds. The number of carbonyl (C=O) groups is 1. The third-order valence-corrected chi connectivity index (χ3v) is 5.40. The second kappa shape index (κ2) is 8.07. The number of phenolic OH excluding ortho intramolecular Hbond substituents is 1. The Labute approximate surface area is 170 Å². The molecule has 3 rings (SSSR count). The summed E-state index contributed by atoms with van der Waals surface area (Å²) in [6.45, 7) is 0. The number of halogens is 3. The lowest BCUT2D eigenvalue weighted by atomic mass is 10.1. The van der Waals surface area contributed by atoms with Crippen LogP contribution in [0.4, 0.5) is 24.5 Å². The number of amides is 1. The largest absolute Gasteiger partial charge is 0.506 e. The predicted octanol–water partition coefficient (Wildman–Crippen LogP) is 4.46. The Balaban J connectivity index is 1.91. The first kappa shape index (κ1) is 21.2. The second-order valence-electron chi connectivity index (χ2n) is 6.15. The molecular formula is C20H15F3N2O4S. The van der Waals surface area contributed by atoms with Crippen molar-refractivity contribution in [2.45, 2.75) is 11.1 Å². The number of para-hydroxylation sites is 3. The summed E-state index contributed by atoms with van der Waals surface area (Å²) < 4.78 is 66.1. The monoisotopic (exact) mass is 436 g/mol. The molecule has 0 heterocycles. The lowest BCUT2D eigenvalue weighted by Gasteiger charge is -2.14. The molecule has 3 aromatic rings. The van der Waals surface area contributed by atoms with Gasteiger partial charge in [-0.25, -0.2) is 8.42 Å². The van der Waals surface area contributed by atoms with Gasteiger partial charge in [-0.05, 0) is 42.5 Å². The van der Waals surface area contributed by atoms with E-state index in [1.54, 1.807) is 12.1 Å². The molecule has 0 radical (unpaired) electrons. The topological polar surface area (TPSA) is 95.5 Å². The first-order chi connectivity index (χ1) is 14.1. The van der Waals surface area contributed by atoms with Gasteiger partial charge in [-0.1, -0.05) is 30.3 Å². The van der Waals surface area contributed by atoms with E-state index < -0.39 is 32.6 Å². The summed E-state index contributed by atoms with van der Waals surface area (Å²) >= 11 is 0. The quantitative estimate of drug-likeness (QED) is 0.515. The van der Waals surface area contributed by atoms with Crippen molar-refractivity contribution >= 4 is 27.3 Å². The number of hydrogen-bond donors (Lipinski definition) is 3. The van der Waals surface area contributed by atoms with Crippen molar-refractivity contribution in [2.24, 2.45) is 0 Å². The van der Waals surface area contributed by atoms with E-state index in [4.69, 9.17) is 0 Å². The van der Waals surface area contributed by atoms with Crippen molar-refractivity contribution in [1.29, 1.82) is 0 Å². The van der Waals surface area contributed by atoms with Crippen LogP contribution in [0.2, 0.25) is 0 Å². The van der Waals surface area contributed by atoms with E-state index in [0.717, 1.165) is 18.2 Å². The predicted molar refractivity (Wildman–Crippen MR) is 105 cm³/mol. The third kappa shape index (κ3) is 4.71. The van der Waals surface area contributed by atoms with Crippen LogP contribution in [0.5, 0.6) is 5.75 Å². The maximum Gasteiger partial charge on any atom is 0.416 e. The van der Waals surface area contributed by atoms with Gasteiger partial charge in [-0.3, -0.25) is 9.52 Å². The molecule has 0 saturated heterocycles. The number of aromatic hydroxyl groups is 1. The lowest BCUT2D eigenvalue weighted by molar-refractivity contribution is -0.137. The highest BCUT2D eigenvalue weighted by molar-refractivity contribution is 7.92. The molecule has 0 aliphatic carbocycles. The molecule has 0 aliphatic rings. The Morgan fingerprint density at radius 3 is 2.17 bits per heavy atom. The van der Waals surface area contributed by atoms with Crippen LogP contribution in [-0.4, -0.2) is 19.4 Å². The van der Waals surface area contributed by atoms with Gasteiger partial charge in [-0.2, -0.15) is 13.2 Å². The van der Waals surface area contributed by atoms with Crippen LogP contribution >= 0.6 is 0 Å². The molecule has 0 saturated carbocycles. The zero-order valence-corrected chi connectivity index (χ0v) is 16.0. The highest BCUT2D eigenvalue weighted by Gasteiger charge is 2.31. The molecule has 0 unspecified atom stereocenters. The number of rotatable bonds is 5. The number of sulfonamides is 1. The normalized spacial score (nSPS) is 11.7. The first-order valence-corrected chi connectivity index (χ1v) is 9.95. The number of carbonyl (C=O) groups excluding carboxylic acids is 1. The molecule has 10 heteroatoms. The Morgan fingerprint density at radius 1 is 0.867 bits per heavy atom. The lowest BCUT2D eigenvalue weighted by Crippen LogP contribution is -2.19. The SMILES string of the molecule is O=C(Nc1ccccc1O)c1ccccc1NS(=O)(=O)c1cccc(C(F)(F)F)c1. The number of alkyl halides is 3. The van der Waals surface area contributed by atoms with Crippen LogP contribution in [0.3, 0.4) is 0 Å². The van der Waals surface area contributed by atoms with Crippen molar-refractivity contribution in [3.8, 4) is 5.75 Å². The van der Waals surface area contributed by atoms with E-state index >= 15 is 0 Å². The van der Waals surface area contributed by atoms with Gasteiger partial charge in [0.05, 0.1) is 27.4 Å². The molecule has 0 aromatic heterocycles. The molecule has 3 aromatic carbocycles. The fraction of sp³-hybridized carbons (Fsp3) is 0.0500. The number of hydrogen-bond acceptors (Lipinski definition) is 4. The van der Waals surface area contributed by atoms with Gasteiger partial charge < -0.3 is 10.4 Å². The average molecular weight is 436 g/mol. The summed E-state index contributed by atoms with van der Waals surface area (Å²) in [5.74, 6) is -0.910. The maximum atomic E-state index is 12.9. The maximum absolute atomic E-state index is 12.9. The van der Waals surface area contributed by atoms with E-state index in [2.05, 4.69) is 10.0 Å². The van der Waals surface area contributed by atoms with Crippen LogP contribution < -0.4 is 10.0 Å². The molecule has 0 fully saturated rings. The molecular weight excluding hydrogens is 421 g/mol. The van der Waals surface area contributed by atoms with E-state index in [9.17, 15) is 31.5 Å². The van der Waals surface area contributed by atoms with Gasteiger partial charge in [0.1, 0.15) is 5.75 Å². The van der Waals surface area contributed by atoms with Crippen molar-refractivity contribution in [1.82, 2.24) is 0 Å². The number of benzene rings is 3. The van der Waals surface area contributed by atoms with Crippen molar-refractivity contribution < 1.29 is 31.5 Å². The Hall–Kier alpha value is -3.53. The summed E-state index contributed by atoms with van der Waals surface area (Å²) in [7, 11) is -4.41. The zero-order chi connectivity index (χ0) is 21.9. The van der Waals surface area contributed by atoms with Crippen LogP contribution in [0.1, 0.15) is 15.9 Å². The first-order valence-electron chi connectivity index (χ1n) is 8.46. The van der Waals surface area contributed by atoms with Gasteiger partial charge in [0.2, 0.25) is 0 Å². The molecule has 0 aliphatic heterocycles. The fourth-order valence-electron chi connectivity index (χ4n) is 2.58. The minimum Gasteiger partial charge on any atom is -0.506 e. The summed E-state index contributed by atoms with van der Waals surface area (Å²) in [4.78, 5) is 12.0. The van der Waals surface area contributed by atoms with Crippen LogP contribution in [0.25, 0.3) is 0 Å². The average Bonchev–Trinajstić information content (AvgIpc) is 2.69. The number of nitrogens with one attached hydrogen (secondary N) is 2. The molecule has 6 nitrogen and oxygen atoms in total. The Kier molecular flexibility index (Phi) is 5.70. The molecule has 156 valence electrons. The smallest absolute Gasteiger partial charge is 0.416 e. The zero-order valence-electron chi connectivity index (χ0n) is 15.1. The third-order valence-electron chi connectivity index (χ3n) is 4.04. The van der Waals surface area contributed by atoms with Gasteiger partial charge >= 0.3 is 6.18 Å². The van der Waals surface area contributed by atoms with E-state index in [1.807, 2.05) is 0 Å². The van der Waals surface area contributed by atoms with E-state index in [1.165, 1.54) is 36.4 Å². The molecule has 0 atom stereocenters. The minimum atomic E-state index is -4.71. The molecule has 0 spiro atoms. The van der Waals surface area contributed by atoms with Crippen molar-refractivity contribution in [2.75, 3.05) is 10.0 Å².